The monoisotopic (exact) mass is 366 g/mol. The van der Waals surface area contributed by atoms with Crippen LogP contribution in [0.1, 0.15) is 15.2 Å². The van der Waals surface area contributed by atoms with Crippen molar-refractivity contribution in [2.24, 2.45) is 0 Å². The van der Waals surface area contributed by atoms with E-state index in [0.717, 1.165) is 11.3 Å². The number of thiophene rings is 1. The molecule has 0 atom stereocenters. The Hall–Kier alpha value is -2.31. The summed E-state index contributed by atoms with van der Waals surface area (Å²) in [4.78, 5) is 24.0. The number of hydrogen-bond donors (Lipinski definition) is 0. The van der Waals surface area contributed by atoms with Crippen LogP contribution in [0.25, 0.3) is 6.08 Å². The number of esters is 1. The van der Waals surface area contributed by atoms with E-state index in [9.17, 15) is 9.59 Å². The van der Waals surface area contributed by atoms with Gasteiger partial charge in [-0.15, -0.1) is 11.3 Å². The van der Waals surface area contributed by atoms with Gasteiger partial charge < -0.3 is 14.2 Å². The Balaban J connectivity index is 1.97. The van der Waals surface area contributed by atoms with E-state index in [4.69, 9.17) is 25.8 Å². The summed E-state index contributed by atoms with van der Waals surface area (Å²) in [7, 11) is 3.04. The largest absolute Gasteiger partial charge is 0.493 e. The number of methoxy groups -OCH3 is 2. The molecule has 0 unspecified atom stereocenters. The van der Waals surface area contributed by atoms with Crippen LogP contribution in [-0.2, 0) is 9.53 Å². The number of hydrogen-bond acceptors (Lipinski definition) is 6. The first-order chi connectivity index (χ1) is 11.5. The highest BCUT2D eigenvalue weighted by Gasteiger charge is 2.11. The summed E-state index contributed by atoms with van der Waals surface area (Å²) in [5, 5.41) is 0. The lowest BCUT2D eigenvalue weighted by Crippen LogP contribution is -2.11. The minimum Gasteiger partial charge on any atom is -0.493 e. The molecule has 0 fully saturated rings. The molecule has 0 N–H and O–H groups in total. The topological polar surface area (TPSA) is 61.8 Å². The van der Waals surface area contributed by atoms with Gasteiger partial charge in [-0.1, -0.05) is 23.7 Å². The summed E-state index contributed by atoms with van der Waals surface area (Å²) in [5.74, 6) is 0.134. The molecule has 0 amide bonds. The number of ketones is 1. The number of para-hydroxylation sites is 1. The van der Waals surface area contributed by atoms with Gasteiger partial charge in [-0.05, 0) is 24.3 Å². The van der Waals surface area contributed by atoms with E-state index in [1.807, 2.05) is 0 Å². The summed E-state index contributed by atoms with van der Waals surface area (Å²) in [5.41, 5.74) is 0.658. The zero-order valence-electron chi connectivity index (χ0n) is 13.1. The second kappa shape index (κ2) is 8.52. The van der Waals surface area contributed by atoms with Crippen LogP contribution in [0.15, 0.2) is 36.4 Å². The number of carbonyl (C=O) groups is 2. The second-order valence-corrected chi connectivity index (χ2v) is 6.27. The molecule has 0 saturated heterocycles. The van der Waals surface area contributed by atoms with Crippen molar-refractivity contribution in [3.8, 4) is 11.5 Å². The van der Waals surface area contributed by atoms with E-state index in [2.05, 4.69) is 0 Å². The zero-order valence-corrected chi connectivity index (χ0v) is 14.6. The molecule has 0 aliphatic heterocycles. The predicted octanol–water partition coefficient (Wildman–Crippen LogP) is 3.86. The van der Waals surface area contributed by atoms with Gasteiger partial charge >= 0.3 is 5.97 Å². The number of ether oxygens (including phenoxy) is 3. The Morgan fingerprint density at radius 1 is 1.17 bits per heavy atom. The maximum Gasteiger partial charge on any atom is 0.331 e. The molecular weight excluding hydrogens is 352 g/mol. The summed E-state index contributed by atoms with van der Waals surface area (Å²) < 4.78 is 15.9. The molecule has 1 aromatic heterocycles. The van der Waals surface area contributed by atoms with Crippen molar-refractivity contribution in [2.45, 2.75) is 0 Å². The van der Waals surface area contributed by atoms with Gasteiger partial charge in [-0.2, -0.15) is 0 Å². The molecule has 1 aromatic carbocycles. The molecule has 0 spiro atoms. The lowest BCUT2D eigenvalue weighted by Gasteiger charge is -2.09. The fourth-order valence-corrected chi connectivity index (χ4v) is 2.89. The molecule has 7 heteroatoms. The Bertz CT molecular complexity index is 766. The number of carbonyl (C=O) groups excluding carboxylic acids is 2. The highest BCUT2D eigenvalue weighted by Crippen LogP contribution is 2.31. The Kier molecular flexibility index (Phi) is 6.40. The Morgan fingerprint density at radius 3 is 2.58 bits per heavy atom. The molecule has 2 rings (SSSR count). The van der Waals surface area contributed by atoms with Crippen LogP contribution in [0.5, 0.6) is 11.5 Å². The molecule has 5 nitrogen and oxygen atoms in total. The molecule has 0 saturated carbocycles. The number of Topliss-reactive ketones (excluding diaryl/α,β-unsaturated/α-hetero) is 1. The molecule has 0 aliphatic carbocycles. The van der Waals surface area contributed by atoms with Gasteiger partial charge in [0, 0.05) is 11.6 Å². The van der Waals surface area contributed by atoms with Crippen LogP contribution in [0.4, 0.5) is 0 Å². The van der Waals surface area contributed by atoms with Gasteiger partial charge in [0.25, 0.3) is 0 Å². The quantitative estimate of drug-likeness (QED) is 0.423. The van der Waals surface area contributed by atoms with Crippen molar-refractivity contribution >= 4 is 40.8 Å². The SMILES string of the molecule is COc1cccc(/C=C/C(=O)OCC(=O)c2ccc(Cl)s2)c1OC. The first-order valence-electron chi connectivity index (χ1n) is 6.89. The van der Waals surface area contributed by atoms with E-state index >= 15 is 0 Å². The third-order valence-electron chi connectivity index (χ3n) is 3.03. The molecule has 126 valence electrons. The summed E-state index contributed by atoms with van der Waals surface area (Å²) in [6.45, 7) is -0.338. The van der Waals surface area contributed by atoms with E-state index in [-0.39, 0.29) is 12.4 Å². The van der Waals surface area contributed by atoms with Crippen molar-refractivity contribution in [1.29, 1.82) is 0 Å². The molecule has 0 bridgehead atoms. The van der Waals surface area contributed by atoms with Gasteiger partial charge in [-0.3, -0.25) is 4.79 Å². The molecule has 24 heavy (non-hydrogen) atoms. The highest BCUT2D eigenvalue weighted by molar-refractivity contribution is 7.18. The maximum absolute atomic E-state index is 11.8. The Morgan fingerprint density at radius 2 is 1.96 bits per heavy atom. The van der Waals surface area contributed by atoms with Gasteiger partial charge in [0.05, 0.1) is 23.4 Å². The van der Waals surface area contributed by atoms with Crippen LogP contribution in [0, 0.1) is 0 Å². The van der Waals surface area contributed by atoms with Gasteiger partial charge in [-0.25, -0.2) is 4.79 Å². The highest BCUT2D eigenvalue weighted by atomic mass is 35.5. The first kappa shape index (κ1) is 18.0. The smallest absolute Gasteiger partial charge is 0.331 e. The Labute approximate surface area is 148 Å². The van der Waals surface area contributed by atoms with E-state index in [1.54, 1.807) is 30.3 Å². The van der Waals surface area contributed by atoms with Gasteiger partial charge in [0.1, 0.15) is 0 Å². The van der Waals surface area contributed by atoms with Crippen LogP contribution < -0.4 is 9.47 Å². The van der Waals surface area contributed by atoms with Crippen LogP contribution in [-0.4, -0.2) is 32.6 Å². The van der Waals surface area contributed by atoms with Crippen molar-refractivity contribution in [3.05, 3.63) is 51.2 Å². The minimum absolute atomic E-state index is 0.299. The predicted molar refractivity (Wildman–Crippen MR) is 93.2 cm³/mol. The molecule has 1 heterocycles. The molecule has 2 aromatic rings. The normalized spacial score (nSPS) is 10.6. The summed E-state index contributed by atoms with van der Waals surface area (Å²) in [6, 6.07) is 8.51. The van der Waals surface area contributed by atoms with E-state index in [0.29, 0.717) is 26.3 Å². The van der Waals surface area contributed by atoms with E-state index < -0.39 is 5.97 Å². The minimum atomic E-state index is -0.629. The third-order valence-corrected chi connectivity index (χ3v) is 4.30. The van der Waals surface area contributed by atoms with Gasteiger partial charge in [0.2, 0.25) is 5.78 Å². The van der Waals surface area contributed by atoms with Crippen LogP contribution in [0.3, 0.4) is 0 Å². The number of halogens is 1. The molecular formula is C17H15ClO5S. The fourth-order valence-electron chi connectivity index (χ4n) is 1.92. The maximum atomic E-state index is 11.8. The average molecular weight is 367 g/mol. The van der Waals surface area contributed by atoms with Crippen LogP contribution >= 0.6 is 22.9 Å². The number of benzene rings is 1. The summed E-state index contributed by atoms with van der Waals surface area (Å²) >= 11 is 6.91. The van der Waals surface area contributed by atoms with Crippen molar-refractivity contribution < 1.29 is 23.8 Å². The zero-order chi connectivity index (χ0) is 17.5. The molecule has 0 aliphatic rings. The van der Waals surface area contributed by atoms with Crippen LogP contribution in [0.2, 0.25) is 4.34 Å². The lowest BCUT2D eigenvalue weighted by molar-refractivity contribution is -0.136. The van der Waals surface area contributed by atoms with Crippen molar-refractivity contribution in [2.75, 3.05) is 20.8 Å². The van der Waals surface area contributed by atoms with Crippen molar-refractivity contribution in [3.63, 3.8) is 0 Å². The average Bonchev–Trinajstić information content (AvgIpc) is 3.03. The first-order valence-corrected chi connectivity index (χ1v) is 8.09. The standard InChI is InChI=1S/C17H15ClO5S/c1-21-13-5-3-4-11(17(13)22-2)6-9-16(20)23-10-12(19)14-7-8-15(18)24-14/h3-9H,10H2,1-2H3/b9-6+. The lowest BCUT2D eigenvalue weighted by atomic mass is 10.1. The fraction of sp³-hybridized carbons (Fsp3) is 0.176. The third kappa shape index (κ3) is 4.59. The van der Waals surface area contributed by atoms with Crippen molar-refractivity contribution in [1.82, 2.24) is 0 Å². The molecule has 0 radical (unpaired) electrons. The number of rotatable bonds is 7. The van der Waals surface area contributed by atoms with E-state index in [1.165, 1.54) is 26.4 Å². The summed E-state index contributed by atoms with van der Waals surface area (Å²) in [6.07, 6.45) is 2.77. The van der Waals surface area contributed by atoms with Gasteiger partial charge in [0.15, 0.2) is 18.1 Å². The second-order valence-electron chi connectivity index (χ2n) is 4.55.